The lowest BCUT2D eigenvalue weighted by Crippen LogP contribution is -2.12. The molecular weight excluding hydrogens is 323 g/mol. The van der Waals surface area contributed by atoms with E-state index >= 15 is 0 Å². The molecule has 0 saturated carbocycles. The Labute approximate surface area is 129 Å². The predicted molar refractivity (Wildman–Crippen MR) is 84.6 cm³/mol. The van der Waals surface area contributed by atoms with Gasteiger partial charge in [0.25, 0.3) is 5.91 Å². The minimum atomic E-state index is -0.309. The highest BCUT2D eigenvalue weighted by molar-refractivity contribution is 7.80. The van der Waals surface area contributed by atoms with E-state index in [-0.39, 0.29) is 5.91 Å². The van der Waals surface area contributed by atoms with E-state index in [1.54, 1.807) is 24.3 Å². The van der Waals surface area contributed by atoms with Crippen LogP contribution in [0.25, 0.3) is 0 Å². The lowest BCUT2D eigenvalue weighted by molar-refractivity contribution is 0.102. The van der Waals surface area contributed by atoms with Crippen molar-refractivity contribution in [2.45, 2.75) is 0 Å². The number of halogens is 2. The third-order valence-corrected chi connectivity index (χ3v) is 4.05. The number of hydrogen-bond donors (Lipinski definition) is 2. The zero-order valence-corrected chi connectivity index (χ0v) is 12.6. The molecule has 2 aromatic rings. The maximum atomic E-state index is 12.0. The van der Waals surface area contributed by atoms with Crippen LogP contribution < -0.4 is 11.1 Å². The second-order valence-electron chi connectivity index (χ2n) is 3.63. The predicted octanol–water partition coefficient (Wildman–Crippen LogP) is 3.94. The quantitative estimate of drug-likeness (QED) is 0.838. The molecule has 3 N–H and O–H groups in total. The molecule has 3 nitrogen and oxygen atoms in total. The number of carbonyl (C=O) groups excluding carboxylic acids is 1. The molecule has 0 saturated heterocycles. The van der Waals surface area contributed by atoms with Gasteiger partial charge in [0.2, 0.25) is 0 Å². The van der Waals surface area contributed by atoms with E-state index in [0.717, 1.165) is 16.9 Å². The second kappa shape index (κ2) is 5.88. The molecule has 7 heteroatoms. The maximum Gasteiger partial charge on any atom is 0.258 e. The van der Waals surface area contributed by atoms with Crippen molar-refractivity contribution in [1.29, 1.82) is 0 Å². The van der Waals surface area contributed by atoms with Crippen LogP contribution in [0.1, 0.15) is 15.9 Å². The number of carbonyl (C=O) groups is 1. The second-order valence-corrected chi connectivity index (χ2v) is 6.36. The molecule has 0 aliphatic carbocycles. The van der Waals surface area contributed by atoms with Crippen LogP contribution >= 0.6 is 46.8 Å². The van der Waals surface area contributed by atoms with Gasteiger partial charge in [-0.3, -0.25) is 4.79 Å². The minimum absolute atomic E-state index is 0.309. The number of thiophene rings is 1. The van der Waals surface area contributed by atoms with Crippen molar-refractivity contribution < 1.29 is 4.79 Å². The summed E-state index contributed by atoms with van der Waals surface area (Å²) < 4.78 is 0.834. The van der Waals surface area contributed by atoms with Gasteiger partial charge in [-0.1, -0.05) is 35.4 Å². The Morgan fingerprint density at radius 3 is 2.37 bits per heavy atom. The molecule has 0 unspecified atom stereocenters. The molecule has 0 atom stereocenters. The number of anilines is 1. The fraction of sp³-hybridized carbons (Fsp3) is 0. The van der Waals surface area contributed by atoms with Crippen LogP contribution in [0.3, 0.4) is 0 Å². The Morgan fingerprint density at radius 1 is 1.26 bits per heavy atom. The van der Waals surface area contributed by atoms with Crippen molar-refractivity contribution in [3.63, 3.8) is 0 Å². The smallest absolute Gasteiger partial charge is 0.258 e. The van der Waals surface area contributed by atoms with Gasteiger partial charge in [-0.2, -0.15) is 0 Å². The first-order valence-corrected chi connectivity index (χ1v) is 7.11. The van der Waals surface area contributed by atoms with Crippen LogP contribution in [0, 0.1) is 0 Å². The number of amides is 1. The van der Waals surface area contributed by atoms with E-state index in [0.29, 0.717) is 24.9 Å². The Morgan fingerprint density at radius 2 is 1.89 bits per heavy atom. The first-order valence-electron chi connectivity index (χ1n) is 5.13. The summed E-state index contributed by atoms with van der Waals surface area (Å²) in [5.74, 6) is -0.309. The first-order chi connectivity index (χ1) is 8.97. The highest BCUT2D eigenvalue weighted by Crippen LogP contribution is 2.31. The van der Waals surface area contributed by atoms with Gasteiger partial charge in [-0.25, -0.2) is 0 Å². The summed E-state index contributed by atoms with van der Waals surface area (Å²) in [5, 5.41) is 2.72. The Balaban J connectivity index is 2.15. The van der Waals surface area contributed by atoms with Crippen LogP contribution in [0.2, 0.25) is 8.67 Å². The number of nitrogens with one attached hydrogen (secondary N) is 1. The molecule has 98 valence electrons. The summed E-state index contributed by atoms with van der Waals surface area (Å²) in [6.07, 6.45) is 0. The molecule has 1 heterocycles. The first kappa shape index (κ1) is 14.3. The molecule has 19 heavy (non-hydrogen) atoms. The van der Waals surface area contributed by atoms with Crippen LogP contribution in [-0.4, -0.2) is 10.9 Å². The molecular formula is C12H8Cl2N2OS2. The van der Waals surface area contributed by atoms with Crippen molar-refractivity contribution in [3.8, 4) is 0 Å². The lowest BCUT2D eigenvalue weighted by atomic mass is 10.2. The summed E-state index contributed by atoms with van der Waals surface area (Å²) >= 11 is 17.7. The Hall–Kier alpha value is -1.14. The topological polar surface area (TPSA) is 55.1 Å². The van der Waals surface area contributed by atoms with Crippen LogP contribution in [0.5, 0.6) is 0 Å². The average Bonchev–Trinajstić information content (AvgIpc) is 2.69. The Bertz CT molecular complexity index is 638. The largest absolute Gasteiger partial charge is 0.389 e. The molecule has 0 fully saturated rings. The van der Waals surface area contributed by atoms with Gasteiger partial charge in [-0.15, -0.1) is 11.3 Å². The highest BCUT2D eigenvalue weighted by atomic mass is 35.5. The van der Waals surface area contributed by atoms with Gasteiger partial charge in [0.05, 0.1) is 9.90 Å². The zero-order chi connectivity index (χ0) is 14.0. The molecule has 0 bridgehead atoms. The normalized spacial score (nSPS) is 10.2. The number of benzene rings is 1. The summed E-state index contributed by atoms with van der Waals surface area (Å²) in [4.78, 5) is 12.3. The van der Waals surface area contributed by atoms with E-state index in [2.05, 4.69) is 5.32 Å². The number of nitrogens with two attached hydrogens (primary N) is 1. The van der Waals surface area contributed by atoms with E-state index in [1.165, 1.54) is 6.07 Å². The third-order valence-electron chi connectivity index (χ3n) is 2.33. The molecule has 0 aliphatic rings. The monoisotopic (exact) mass is 330 g/mol. The third kappa shape index (κ3) is 3.45. The fourth-order valence-electron chi connectivity index (χ4n) is 1.41. The van der Waals surface area contributed by atoms with Crippen molar-refractivity contribution in [2.75, 3.05) is 5.32 Å². The highest BCUT2D eigenvalue weighted by Gasteiger charge is 2.14. The maximum absolute atomic E-state index is 12.0. The van der Waals surface area contributed by atoms with Crippen LogP contribution in [-0.2, 0) is 0 Å². The zero-order valence-electron chi connectivity index (χ0n) is 9.44. The summed E-state index contributed by atoms with van der Waals surface area (Å²) in [7, 11) is 0. The number of thiocarbonyl (C=S) groups is 1. The van der Waals surface area contributed by atoms with E-state index in [9.17, 15) is 4.79 Å². The minimum Gasteiger partial charge on any atom is -0.389 e. The molecule has 0 spiro atoms. The molecule has 1 aromatic carbocycles. The standard InChI is InChI=1S/C12H8Cl2N2OS2/c13-9-5-8(10(14)19-9)12(17)16-7-3-1-6(2-4-7)11(15)18/h1-5H,(H2,15,18)(H,16,17). The van der Waals surface area contributed by atoms with E-state index in [4.69, 9.17) is 41.2 Å². The number of rotatable bonds is 3. The molecule has 2 rings (SSSR count). The average molecular weight is 331 g/mol. The van der Waals surface area contributed by atoms with Gasteiger partial charge in [0.1, 0.15) is 9.32 Å². The van der Waals surface area contributed by atoms with Crippen molar-refractivity contribution >= 4 is 63.3 Å². The SMILES string of the molecule is NC(=S)c1ccc(NC(=O)c2cc(Cl)sc2Cl)cc1. The molecule has 0 radical (unpaired) electrons. The number of hydrogen-bond acceptors (Lipinski definition) is 3. The van der Waals surface area contributed by atoms with Crippen molar-refractivity contribution in [1.82, 2.24) is 0 Å². The molecule has 0 aliphatic heterocycles. The fourth-order valence-corrected chi connectivity index (χ4v) is 3.01. The Kier molecular flexibility index (Phi) is 4.42. The van der Waals surface area contributed by atoms with Crippen LogP contribution in [0.15, 0.2) is 30.3 Å². The van der Waals surface area contributed by atoms with Crippen LogP contribution in [0.4, 0.5) is 5.69 Å². The van der Waals surface area contributed by atoms with E-state index in [1.807, 2.05) is 0 Å². The summed E-state index contributed by atoms with van der Waals surface area (Å²) in [6.45, 7) is 0. The molecule has 1 aromatic heterocycles. The van der Waals surface area contributed by atoms with Gasteiger partial charge < -0.3 is 11.1 Å². The van der Waals surface area contributed by atoms with Gasteiger partial charge in [-0.05, 0) is 30.3 Å². The van der Waals surface area contributed by atoms with Crippen molar-refractivity contribution in [3.05, 3.63) is 50.1 Å². The van der Waals surface area contributed by atoms with Crippen molar-refractivity contribution in [2.24, 2.45) is 5.73 Å². The van der Waals surface area contributed by atoms with Gasteiger partial charge in [0.15, 0.2) is 0 Å². The van der Waals surface area contributed by atoms with E-state index < -0.39 is 0 Å². The lowest BCUT2D eigenvalue weighted by Gasteiger charge is -2.05. The summed E-state index contributed by atoms with van der Waals surface area (Å²) in [6, 6.07) is 8.44. The summed E-state index contributed by atoms with van der Waals surface area (Å²) in [5.41, 5.74) is 7.22. The van der Waals surface area contributed by atoms with Gasteiger partial charge in [0, 0.05) is 11.3 Å². The van der Waals surface area contributed by atoms with Gasteiger partial charge >= 0.3 is 0 Å². The molecule has 1 amide bonds.